The number of nitrogens with zero attached hydrogens (tertiary/aromatic N) is 4. The molecular weight excluding hydrogens is 424 g/mol. The van der Waals surface area contributed by atoms with E-state index in [2.05, 4.69) is 4.99 Å². The van der Waals surface area contributed by atoms with E-state index in [0.29, 0.717) is 24.4 Å². The van der Waals surface area contributed by atoms with Crippen molar-refractivity contribution < 1.29 is 19.1 Å². The van der Waals surface area contributed by atoms with E-state index in [0.717, 1.165) is 12.8 Å². The molecule has 0 radical (unpaired) electrons. The Balaban J connectivity index is 2.08. The summed E-state index contributed by atoms with van der Waals surface area (Å²) in [6.07, 6.45) is 3.46. The lowest BCUT2D eigenvalue weighted by molar-refractivity contribution is -0.118. The Bertz CT molecular complexity index is 1330. The number of carbonyl (C=O) groups is 2. The molecule has 4 rings (SSSR count). The molecule has 0 bridgehead atoms. The molecule has 1 unspecified atom stereocenters. The Kier molecular flexibility index (Phi) is 6.69. The number of fused-ring (bicyclic) bond motifs is 2. The van der Waals surface area contributed by atoms with Gasteiger partial charge in [-0.2, -0.15) is 4.99 Å². The second-order valence-corrected chi connectivity index (χ2v) is 8.53. The zero-order valence-electron chi connectivity index (χ0n) is 19.1. The second kappa shape index (κ2) is 9.66. The maximum Gasteiger partial charge on any atom is 0.341 e. The van der Waals surface area contributed by atoms with Crippen molar-refractivity contribution in [3.05, 3.63) is 51.9 Å². The molecule has 4 heterocycles. The summed E-state index contributed by atoms with van der Waals surface area (Å²) >= 11 is 0. The summed E-state index contributed by atoms with van der Waals surface area (Å²) in [5.41, 5.74) is 0.705. The van der Waals surface area contributed by atoms with Crippen molar-refractivity contribution in [1.29, 1.82) is 0 Å². The fourth-order valence-corrected chi connectivity index (χ4v) is 4.04. The van der Waals surface area contributed by atoms with Crippen LogP contribution in [0.25, 0.3) is 16.7 Å². The number of hydrogen-bond donors (Lipinski definition) is 0. The van der Waals surface area contributed by atoms with Crippen molar-refractivity contribution in [2.75, 3.05) is 13.2 Å². The fourth-order valence-electron chi connectivity index (χ4n) is 4.04. The number of pyridine rings is 2. The third kappa shape index (κ3) is 4.73. The first kappa shape index (κ1) is 22.8. The van der Waals surface area contributed by atoms with Crippen LogP contribution < -0.4 is 11.0 Å². The van der Waals surface area contributed by atoms with Crippen LogP contribution in [0.15, 0.2) is 40.2 Å². The molecule has 1 saturated heterocycles. The first-order valence-corrected chi connectivity index (χ1v) is 11.3. The van der Waals surface area contributed by atoms with E-state index in [4.69, 9.17) is 14.5 Å². The molecule has 0 aliphatic carbocycles. The number of amides is 1. The molecule has 0 N–H and O–H groups in total. The number of esters is 1. The normalized spacial score (nSPS) is 16.7. The van der Waals surface area contributed by atoms with Gasteiger partial charge in [-0.05, 0) is 43.9 Å². The van der Waals surface area contributed by atoms with Crippen LogP contribution in [0, 0.1) is 5.92 Å². The number of ether oxygens (including phenoxy) is 2. The standard InChI is InChI=1S/C24H28N4O5/c1-4-32-24(31)18-13-17-21(25-19-9-5-6-10-27(19)23(17)30)28(14-16-8-7-11-33-16)22(18)26-20(29)12-15(2)3/h5-6,9-10,13,15-16H,4,7-8,11-12,14H2,1-3H3. The molecule has 1 fully saturated rings. The number of carbonyl (C=O) groups excluding carboxylic acids is 2. The molecular formula is C24H28N4O5. The minimum atomic E-state index is -0.644. The van der Waals surface area contributed by atoms with Crippen molar-refractivity contribution in [2.45, 2.75) is 52.7 Å². The minimum absolute atomic E-state index is 0.0641. The Hall–Kier alpha value is -3.33. The molecule has 9 heteroatoms. The summed E-state index contributed by atoms with van der Waals surface area (Å²) in [5.74, 6) is -0.895. The molecule has 0 spiro atoms. The van der Waals surface area contributed by atoms with E-state index < -0.39 is 5.97 Å². The molecule has 9 nitrogen and oxygen atoms in total. The summed E-state index contributed by atoms with van der Waals surface area (Å²) in [5, 5.41) is 0.245. The predicted octanol–water partition coefficient (Wildman–Crippen LogP) is 2.48. The molecule has 0 aromatic carbocycles. The topological polar surface area (TPSA) is 104 Å². The Morgan fingerprint density at radius 1 is 1.33 bits per heavy atom. The van der Waals surface area contributed by atoms with Gasteiger partial charge in [-0.15, -0.1) is 0 Å². The van der Waals surface area contributed by atoms with Crippen LogP contribution >= 0.6 is 0 Å². The van der Waals surface area contributed by atoms with Crippen LogP contribution in [0.2, 0.25) is 0 Å². The third-order valence-corrected chi connectivity index (χ3v) is 5.51. The lowest BCUT2D eigenvalue weighted by Gasteiger charge is -2.18. The SMILES string of the molecule is CCOC(=O)c1cc2c(=O)n3ccccc3nc2n(CC2CCCO2)c1=NC(=O)CC(C)C. The molecule has 1 amide bonds. The molecule has 33 heavy (non-hydrogen) atoms. The number of hydrogen-bond acceptors (Lipinski definition) is 6. The minimum Gasteiger partial charge on any atom is -0.462 e. The highest BCUT2D eigenvalue weighted by atomic mass is 16.5. The highest BCUT2D eigenvalue weighted by Gasteiger charge is 2.23. The Morgan fingerprint density at radius 3 is 2.85 bits per heavy atom. The molecule has 1 aliphatic heterocycles. The highest BCUT2D eigenvalue weighted by molar-refractivity contribution is 5.93. The maximum absolute atomic E-state index is 13.3. The van der Waals surface area contributed by atoms with Crippen LogP contribution in [-0.2, 0) is 20.8 Å². The van der Waals surface area contributed by atoms with E-state index in [1.807, 2.05) is 13.8 Å². The van der Waals surface area contributed by atoms with E-state index in [-0.39, 0.29) is 53.0 Å². The van der Waals surface area contributed by atoms with E-state index >= 15 is 0 Å². The van der Waals surface area contributed by atoms with Gasteiger partial charge in [0.25, 0.3) is 5.56 Å². The van der Waals surface area contributed by atoms with Crippen LogP contribution in [0.3, 0.4) is 0 Å². The third-order valence-electron chi connectivity index (χ3n) is 5.51. The van der Waals surface area contributed by atoms with Gasteiger partial charge in [-0.3, -0.25) is 14.0 Å². The molecule has 1 aliphatic rings. The Morgan fingerprint density at radius 2 is 2.15 bits per heavy atom. The summed E-state index contributed by atoms with van der Waals surface area (Å²) < 4.78 is 14.2. The van der Waals surface area contributed by atoms with Gasteiger partial charge in [0.15, 0.2) is 5.49 Å². The van der Waals surface area contributed by atoms with Gasteiger partial charge < -0.3 is 14.0 Å². The smallest absolute Gasteiger partial charge is 0.341 e. The van der Waals surface area contributed by atoms with Crippen molar-refractivity contribution in [3.8, 4) is 0 Å². The first-order valence-electron chi connectivity index (χ1n) is 11.3. The second-order valence-electron chi connectivity index (χ2n) is 8.53. The van der Waals surface area contributed by atoms with Crippen LogP contribution in [0.1, 0.15) is 50.4 Å². The lowest BCUT2D eigenvalue weighted by atomic mass is 10.1. The number of rotatable bonds is 6. The Labute approximate surface area is 190 Å². The van der Waals surface area contributed by atoms with E-state index in [9.17, 15) is 14.4 Å². The van der Waals surface area contributed by atoms with Crippen molar-refractivity contribution in [2.24, 2.45) is 10.9 Å². The van der Waals surface area contributed by atoms with Crippen LogP contribution in [0.5, 0.6) is 0 Å². The summed E-state index contributed by atoms with van der Waals surface area (Å²) in [4.78, 5) is 48.0. The zero-order chi connectivity index (χ0) is 23.5. The molecule has 0 saturated carbocycles. The average Bonchev–Trinajstić information content (AvgIpc) is 3.28. The van der Waals surface area contributed by atoms with Gasteiger partial charge in [-0.1, -0.05) is 19.9 Å². The van der Waals surface area contributed by atoms with Gasteiger partial charge in [-0.25, -0.2) is 9.78 Å². The molecule has 3 aromatic rings. The average molecular weight is 453 g/mol. The van der Waals surface area contributed by atoms with E-state index in [1.54, 1.807) is 35.9 Å². The lowest BCUT2D eigenvalue weighted by Crippen LogP contribution is -2.35. The number of aromatic nitrogens is 3. The van der Waals surface area contributed by atoms with Gasteiger partial charge in [0, 0.05) is 19.2 Å². The maximum atomic E-state index is 13.3. The van der Waals surface area contributed by atoms with Crippen LogP contribution in [-0.4, -0.2) is 45.1 Å². The molecule has 174 valence electrons. The molecule has 3 aromatic heterocycles. The predicted molar refractivity (Wildman–Crippen MR) is 122 cm³/mol. The molecule has 1 atom stereocenters. The monoisotopic (exact) mass is 452 g/mol. The van der Waals surface area contributed by atoms with Crippen LogP contribution in [0.4, 0.5) is 0 Å². The van der Waals surface area contributed by atoms with E-state index in [1.165, 1.54) is 10.5 Å². The van der Waals surface area contributed by atoms with Gasteiger partial charge in [0.2, 0.25) is 5.91 Å². The fraction of sp³-hybridized carbons (Fsp3) is 0.458. The van der Waals surface area contributed by atoms with Crippen molar-refractivity contribution in [1.82, 2.24) is 14.0 Å². The van der Waals surface area contributed by atoms with Gasteiger partial charge in [0.1, 0.15) is 16.9 Å². The summed E-state index contributed by atoms with van der Waals surface area (Å²) in [6, 6.07) is 6.71. The van der Waals surface area contributed by atoms with Gasteiger partial charge in [0.05, 0.1) is 24.6 Å². The summed E-state index contributed by atoms with van der Waals surface area (Å²) in [7, 11) is 0. The highest BCUT2D eigenvalue weighted by Crippen LogP contribution is 2.17. The van der Waals surface area contributed by atoms with Crippen molar-refractivity contribution >= 4 is 28.6 Å². The first-order chi connectivity index (χ1) is 15.9. The largest absolute Gasteiger partial charge is 0.462 e. The zero-order valence-corrected chi connectivity index (χ0v) is 19.1. The summed E-state index contributed by atoms with van der Waals surface area (Å²) in [6.45, 7) is 6.65. The van der Waals surface area contributed by atoms with Crippen molar-refractivity contribution in [3.63, 3.8) is 0 Å². The van der Waals surface area contributed by atoms with Gasteiger partial charge >= 0.3 is 5.97 Å². The quantitative estimate of drug-likeness (QED) is 0.420.